The second-order valence-corrected chi connectivity index (χ2v) is 9.19. The van der Waals surface area contributed by atoms with E-state index in [1.165, 1.54) is 0 Å². The molecule has 37 heavy (non-hydrogen) atoms. The molecule has 0 spiro atoms. The Hall–Kier alpha value is -3.37. The standard InChI is InChI=1S/C28H32N2O7/c31-20-23(16-26(32)33)27(34)37-28-30(19-25(36-28)15-21-7-3-1-4-8-21)18-24(22-9-5-2-6-10-22)17-29-11-13-35-14-12-29/h1-10,16,20,24-25,28H,11-15,17-19H2,(H,32,33)/b23-16+. The number of aldehydes is 1. The van der Waals surface area contributed by atoms with Gasteiger partial charge in [-0.3, -0.25) is 9.69 Å². The largest absolute Gasteiger partial charge is 0.478 e. The van der Waals surface area contributed by atoms with Gasteiger partial charge in [0.2, 0.25) is 0 Å². The fourth-order valence-corrected chi connectivity index (χ4v) is 4.70. The Morgan fingerprint density at radius 3 is 2.35 bits per heavy atom. The Morgan fingerprint density at radius 2 is 1.70 bits per heavy atom. The second-order valence-electron chi connectivity index (χ2n) is 9.19. The maximum absolute atomic E-state index is 12.6. The molecule has 2 saturated heterocycles. The molecule has 9 nitrogen and oxygen atoms in total. The van der Waals surface area contributed by atoms with Crippen LogP contribution in [0.15, 0.2) is 72.3 Å². The van der Waals surface area contributed by atoms with Gasteiger partial charge in [-0.25, -0.2) is 14.5 Å². The molecule has 1 N–H and O–H groups in total. The van der Waals surface area contributed by atoms with E-state index < -0.39 is 23.9 Å². The van der Waals surface area contributed by atoms with Crippen molar-refractivity contribution in [2.75, 3.05) is 45.9 Å². The fourth-order valence-electron chi connectivity index (χ4n) is 4.70. The van der Waals surface area contributed by atoms with Crippen molar-refractivity contribution in [1.82, 2.24) is 9.80 Å². The number of carbonyl (C=O) groups excluding carboxylic acids is 2. The zero-order chi connectivity index (χ0) is 26.0. The Kier molecular flexibility index (Phi) is 9.56. The third-order valence-corrected chi connectivity index (χ3v) is 6.51. The van der Waals surface area contributed by atoms with Crippen molar-refractivity contribution in [3.05, 3.63) is 83.4 Å². The predicted octanol–water partition coefficient (Wildman–Crippen LogP) is 2.08. The summed E-state index contributed by atoms with van der Waals surface area (Å²) in [7, 11) is 0. The van der Waals surface area contributed by atoms with E-state index >= 15 is 0 Å². The van der Waals surface area contributed by atoms with Crippen molar-refractivity contribution in [2.45, 2.75) is 24.9 Å². The maximum Gasteiger partial charge on any atom is 0.345 e. The summed E-state index contributed by atoms with van der Waals surface area (Å²) >= 11 is 0. The van der Waals surface area contributed by atoms with Crippen LogP contribution in [-0.2, 0) is 35.0 Å². The zero-order valence-electron chi connectivity index (χ0n) is 20.6. The van der Waals surface area contributed by atoms with E-state index in [2.05, 4.69) is 17.0 Å². The van der Waals surface area contributed by atoms with E-state index in [1.54, 1.807) is 0 Å². The average Bonchev–Trinajstić information content (AvgIpc) is 3.28. The molecule has 0 saturated carbocycles. The number of nitrogens with zero attached hydrogens (tertiary/aromatic N) is 2. The summed E-state index contributed by atoms with van der Waals surface area (Å²) in [6.45, 7) is 4.93. The summed E-state index contributed by atoms with van der Waals surface area (Å²) in [5, 5.41) is 8.99. The van der Waals surface area contributed by atoms with E-state index in [9.17, 15) is 14.4 Å². The molecule has 2 aliphatic rings. The molecule has 0 bridgehead atoms. The molecule has 4 rings (SSSR count). The van der Waals surface area contributed by atoms with Crippen LogP contribution in [0.4, 0.5) is 0 Å². The van der Waals surface area contributed by atoms with Gasteiger partial charge in [-0.2, -0.15) is 0 Å². The van der Waals surface area contributed by atoms with Crippen LogP contribution in [0.25, 0.3) is 0 Å². The van der Waals surface area contributed by atoms with E-state index in [1.807, 2.05) is 53.4 Å². The number of morpholine rings is 1. The van der Waals surface area contributed by atoms with Gasteiger partial charge in [0, 0.05) is 51.1 Å². The van der Waals surface area contributed by atoms with Gasteiger partial charge >= 0.3 is 11.9 Å². The summed E-state index contributed by atoms with van der Waals surface area (Å²) in [6, 6.07) is 20.1. The monoisotopic (exact) mass is 508 g/mol. The number of hydrogen-bond acceptors (Lipinski definition) is 8. The molecule has 9 heteroatoms. The van der Waals surface area contributed by atoms with Crippen LogP contribution < -0.4 is 0 Å². The molecule has 196 valence electrons. The average molecular weight is 509 g/mol. The number of aliphatic carboxylic acids is 1. The lowest BCUT2D eigenvalue weighted by Gasteiger charge is -2.33. The first-order valence-corrected chi connectivity index (χ1v) is 12.4. The molecule has 0 aliphatic carbocycles. The van der Waals surface area contributed by atoms with Crippen molar-refractivity contribution < 1.29 is 33.7 Å². The molecule has 2 aliphatic heterocycles. The molecule has 3 unspecified atom stereocenters. The number of esters is 1. The number of benzene rings is 2. The highest BCUT2D eigenvalue weighted by molar-refractivity contribution is 6.11. The van der Waals surface area contributed by atoms with Crippen LogP contribution >= 0.6 is 0 Å². The minimum absolute atomic E-state index is 0.0969. The third-order valence-electron chi connectivity index (χ3n) is 6.51. The van der Waals surface area contributed by atoms with Crippen molar-refractivity contribution in [3.63, 3.8) is 0 Å². The molecule has 2 aromatic rings. The molecule has 3 atom stereocenters. The summed E-state index contributed by atoms with van der Waals surface area (Å²) in [4.78, 5) is 39.3. The predicted molar refractivity (Wildman–Crippen MR) is 135 cm³/mol. The van der Waals surface area contributed by atoms with Gasteiger partial charge in [0.05, 0.1) is 19.3 Å². The smallest absolute Gasteiger partial charge is 0.345 e. The quantitative estimate of drug-likeness (QED) is 0.161. The summed E-state index contributed by atoms with van der Waals surface area (Å²) < 4.78 is 17.2. The van der Waals surface area contributed by atoms with Gasteiger partial charge in [0.15, 0.2) is 6.29 Å². The van der Waals surface area contributed by atoms with Gasteiger partial charge < -0.3 is 19.3 Å². The van der Waals surface area contributed by atoms with E-state index in [-0.39, 0.29) is 18.3 Å². The summed E-state index contributed by atoms with van der Waals surface area (Å²) in [6.07, 6.45) is 0.0532. The molecular formula is C28H32N2O7. The van der Waals surface area contributed by atoms with Crippen molar-refractivity contribution in [1.29, 1.82) is 0 Å². The third kappa shape index (κ3) is 7.80. The minimum atomic E-state index is -1.40. The molecule has 0 radical (unpaired) electrons. The highest BCUT2D eigenvalue weighted by Crippen LogP contribution is 2.27. The number of ether oxygens (including phenoxy) is 3. The van der Waals surface area contributed by atoms with Crippen molar-refractivity contribution in [3.8, 4) is 0 Å². The lowest BCUT2D eigenvalue weighted by atomic mass is 9.97. The minimum Gasteiger partial charge on any atom is -0.478 e. The van der Waals surface area contributed by atoms with Crippen molar-refractivity contribution in [2.24, 2.45) is 0 Å². The number of hydrogen-bond donors (Lipinski definition) is 1. The van der Waals surface area contributed by atoms with Crippen LogP contribution in [-0.4, -0.2) is 91.6 Å². The fraction of sp³-hybridized carbons (Fsp3) is 0.393. The van der Waals surface area contributed by atoms with Crippen molar-refractivity contribution >= 4 is 18.2 Å². The molecule has 2 aromatic carbocycles. The molecule has 2 heterocycles. The molecule has 0 aromatic heterocycles. The highest BCUT2D eigenvalue weighted by atomic mass is 16.7. The lowest BCUT2D eigenvalue weighted by molar-refractivity contribution is -0.196. The molecule has 2 fully saturated rings. The van der Waals surface area contributed by atoms with Gasteiger partial charge in [0.1, 0.15) is 5.57 Å². The molecule has 0 amide bonds. The van der Waals surface area contributed by atoms with E-state index in [0.29, 0.717) is 38.8 Å². The number of rotatable bonds is 11. The van der Waals surface area contributed by atoms with Gasteiger partial charge in [-0.1, -0.05) is 60.7 Å². The van der Waals surface area contributed by atoms with E-state index in [0.717, 1.165) is 30.8 Å². The van der Waals surface area contributed by atoms with Crippen LogP contribution in [0.3, 0.4) is 0 Å². The SMILES string of the molecule is O=C/C(=C\C(=O)O)C(=O)OC1OC(Cc2ccccc2)CN1CC(CN1CCOCC1)c1ccccc1. The van der Waals surface area contributed by atoms with Crippen LogP contribution in [0.2, 0.25) is 0 Å². The highest BCUT2D eigenvalue weighted by Gasteiger charge is 2.38. The number of carboxylic acid groups (broad SMARTS) is 1. The first-order valence-electron chi connectivity index (χ1n) is 12.4. The number of carboxylic acids is 1. The second kappa shape index (κ2) is 13.3. The number of carbonyl (C=O) groups is 3. The van der Waals surface area contributed by atoms with Gasteiger partial charge in [0.25, 0.3) is 6.41 Å². The zero-order valence-corrected chi connectivity index (χ0v) is 20.6. The topological polar surface area (TPSA) is 106 Å². The Bertz CT molecular complexity index is 1070. The Morgan fingerprint density at radius 1 is 1.03 bits per heavy atom. The maximum atomic E-state index is 12.6. The first kappa shape index (κ1) is 26.7. The van der Waals surface area contributed by atoms with Crippen LogP contribution in [0.1, 0.15) is 17.0 Å². The van der Waals surface area contributed by atoms with Crippen LogP contribution in [0.5, 0.6) is 0 Å². The first-order chi connectivity index (χ1) is 18.0. The molecular weight excluding hydrogens is 476 g/mol. The van der Waals surface area contributed by atoms with Crippen LogP contribution in [0, 0.1) is 0 Å². The summed E-state index contributed by atoms with van der Waals surface area (Å²) in [5.41, 5.74) is 1.67. The lowest BCUT2D eigenvalue weighted by Crippen LogP contribution is -2.43. The Labute approximate surface area is 216 Å². The van der Waals surface area contributed by atoms with Gasteiger partial charge in [-0.15, -0.1) is 0 Å². The normalized spacial score (nSPS) is 21.9. The van der Waals surface area contributed by atoms with Gasteiger partial charge in [-0.05, 0) is 11.1 Å². The van der Waals surface area contributed by atoms with E-state index in [4.69, 9.17) is 19.3 Å². The summed E-state index contributed by atoms with van der Waals surface area (Å²) in [5.74, 6) is -2.34. The Balaban J connectivity index is 1.54.